The Kier molecular flexibility index (Phi) is 3.84. The zero-order valence-corrected chi connectivity index (χ0v) is 11.0. The van der Waals surface area contributed by atoms with Crippen LogP contribution in [0, 0.1) is 0 Å². The van der Waals surface area contributed by atoms with Crippen LogP contribution >= 0.6 is 0 Å². The third-order valence-corrected chi connectivity index (χ3v) is 2.68. The molecule has 0 aliphatic carbocycles. The molecule has 0 saturated carbocycles. The molecule has 1 aliphatic heterocycles. The van der Waals surface area contributed by atoms with Gasteiger partial charge in [-0.15, -0.1) is 0 Å². The molecule has 0 aromatic heterocycles. The summed E-state index contributed by atoms with van der Waals surface area (Å²) in [5, 5.41) is 8.80. The lowest BCUT2D eigenvalue weighted by Gasteiger charge is -2.07. The number of nitrogens with zero attached hydrogens (tertiary/aromatic N) is 1. The molecule has 1 N–H and O–H groups in total. The van der Waals surface area contributed by atoms with Crippen LogP contribution in [0.4, 0.5) is 0 Å². The van der Waals surface area contributed by atoms with Gasteiger partial charge in [-0.3, -0.25) is 4.79 Å². The first-order chi connectivity index (χ1) is 9.49. The van der Waals surface area contributed by atoms with Gasteiger partial charge < -0.3 is 14.6 Å². The summed E-state index contributed by atoms with van der Waals surface area (Å²) in [6.07, 6.45) is 1.44. The highest BCUT2D eigenvalue weighted by Crippen LogP contribution is 2.23. The van der Waals surface area contributed by atoms with Crippen LogP contribution < -0.4 is 4.74 Å². The van der Waals surface area contributed by atoms with E-state index >= 15 is 0 Å². The predicted molar refractivity (Wildman–Crippen MR) is 71.5 cm³/mol. The van der Waals surface area contributed by atoms with Crippen LogP contribution in [0.2, 0.25) is 0 Å². The first-order valence-corrected chi connectivity index (χ1v) is 5.87. The van der Waals surface area contributed by atoms with Gasteiger partial charge in [0.2, 0.25) is 0 Å². The maximum absolute atomic E-state index is 11.4. The lowest BCUT2D eigenvalue weighted by Crippen LogP contribution is -2.02. The van der Waals surface area contributed by atoms with Crippen molar-refractivity contribution in [3.63, 3.8) is 0 Å². The van der Waals surface area contributed by atoms with Crippen molar-refractivity contribution in [2.45, 2.75) is 13.3 Å². The molecule has 0 fully saturated rings. The standard InChI is InChI=1S/C14H13NO5/c1-8-15-11(14(18)20-8)5-9-3-4-10(7-13(16)17)12(6-9)19-2/h3-6H,7H2,1-2H3,(H,16,17)/b11-5-. The van der Waals surface area contributed by atoms with E-state index in [1.54, 1.807) is 31.2 Å². The van der Waals surface area contributed by atoms with Crippen LogP contribution in [0.5, 0.6) is 5.75 Å². The maximum atomic E-state index is 11.4. The number of esters is 1. The molecule has 0 spiro atoms. The van der Waals surface area contributed by atoms with Crippen molar-refractivity contribution in [2.75, 3.05) is 7.11 Å². The van der Waals surface area contributed by atoms with Gasteiger partial charge in [0.05, 0.1) is 13.5 Å². The second-order valence-electron chi connectivity index (χ2n) is 4.19. The number of cyclic esters (lactones) is 1. The number of ether oxygens (including phenoxy) is 2. The zero-order valence-electron chi connectivity index (χ0n) is 11.0. The number of carboxylic acids is 1. The molecule has 0 amide bonds. The first-order valence-electron chi connectivity index (χ1n) is 5.87. The van der Waals surface area contributed by atoms with Crippen molar-refractivity contribution in [1.29, 1.82) is 0 Å². The SMILES string of the molecule is COc1cc(/C=C2\N=C(C)OC2=O)ccc1CC(=O)O. The molecule has 104 valence electrons. The Hall–Kier alpha value is -2.63. The normalized spacial score (nSPS) is 16.0. The molecule has 0 atom stereocenters. The van der Waals surface area contributed by atoms with E-state index in [0.717, 1.165) is 0 Å². The number of carboxylic acid groups (broad SMARTS) is 1. The Labute approximate surface area is 115 Å². The summed E-state index contributed by atoms with van der Waals surface area (Å²) in [7, 11) is 1.46. The smallest absolute Gasteiger partial charge is 0.363 e. The zero-order chi connectivity index (χ0) is 14.7. The number of hydrogen-bond donors (Lipinski definition) is 1. The second-order valence-corrected chi connectivity index (χ2v) is 4.19. The summed E-state index contributed by atoms with van der Waals surface area (Å²) in [6.45, 7) is 1.59. The van der Waals surface area contributed by atoms with E-state index in [9.17, 15) is 9.59 Å². The van der Waals surface area contributed by atoms with E-state index in [4.69, 9.17) is 14.6 Å². The fraction of sp³-hybridized carbons (Fsp3) is 0.214. The van der Waals surface area contributed by atoms with Crippen molar-refractivity contribution in [1.82, 2.24) is 0 Å². The lowest BCUT2D eigenvalue weighted by molar-refractivity contribution is -0.136. The molecule has 0 bridgehead atoms. The Bertz CT molecular complexity index is 630. The number of rotatable bonds is 4. The van der Waals surface area contributed by atoms with Crippen molar-refractivity contribution in [3.05, 3.63) is 35.0 Å². The third kappa shape index (κ3) is 3.03. The molecule has 1 aromatic rings. The number of hydrogen-bond acceptors (Lipinski definition) is 5. The molecule has 1 heterocycles. The van der Waals surface area contributed by atoms with E-state index < -0.39 is 11.9 Å². The Morgan fingerprint density at radius 1 is 1.50 bits per heavy atom. The Morgan fingerprint density at radius 3 is 2.80 bits per heavy atom. The summed E-state index contributed by atoms with van der Waals surface area (Å²) < 4.78 is 9.97. The minimum Gasteiger partial charge on any atom is -0.496 e. The molecular formula is C14H13NO5. The first kappa shape index (κ1) is 13.8. The number of aliphatic carboxylic acids is 1. The molecule has 0 radical (unpaired) electrons. The predicted octanol–water partition coefficient (Wildman–Crippen LogP) is 1.64. The minimum atomic E-state index is -0.936. The van der Waals surface area contributed by atoms with Gasteiger partial charge in [-0.2, -0.15) is 0 Å². The molecular weight excluding hydrogens is 262 g/mol. The molecule has 1 aliphatic rings. The van der Waals surface area contributed by atoms with E-state index in [-0.39, 0.29) is 12.1 Å². The Balaban J connectivity index is 2.33. The fourth-order valence-electron chi connectivity index (χ4n) is 1.83. The van der Waals surface area contributed by atoms with Gasteiger partial charge in [0.25, 0.3) is 0 Å². The highest BCUT2D eigenvalue weighted by atomic mass is 16.6. The average Bonchev–Trinajstić information content (AvgIpc) is 2.69. The van der Waals surface area contributed by atoms with Gasteiger partial charge in [0.15, 0.2) is 11.6 Å². The summed E-state index contributed by atoms with van der Waals surface area (Å²) in [6, 6.07) is 5.00. The van der Waals surface area contributed by atoms with Crippen LogP contribution in [0.25, 0.3) is 6.08 Å². The minimum absolute atomic E-state index is 0.126. The number of carbonyl (C=O) groups excluding carboxylic acids is 1. The van der Waals surface area contributed by atoms with Crippen LogP contribution in [-0.4, -0.2) is 30.1 Å². The summed E-state index contributed by atoms with van der Waals surface area (Å²) >= 11 is 0. The lowest BCUT2D eigenvalue weighted by atomic mass is 10.1. The van der Waals surface area contributed by atoms with E-state index in [1.165, 1.54) is 7.11 Å². The van der Waals surface area contributed by atoms with Crippen molar-refractivity contribution in [3.8, 4) is 5.75 Å². The van der Waals surface area contributed by atoms with E-state index in [0.29, 0.717) is 22.8 Å². The number of aliphatic imine (C=N–C) groups is 1. The van der Waals surface area contributed by atoms with Crippen LogP contribution in [0.3, 0.4) is 0 Å². The molecule has 0 unspecified atom stereocenters. The van der Waals surface area contributed by atoms with Crippen molar-refractivity contribution in [2.24, 2.45) is 4.99 Å². The molecule has 1 aromatic carbocycles. The van der Waals surface area contributed by atoms with Crippen molar-refractivity contribution < 1.29 is 24.2 Å². The summed E-state index contributed by atoms with van der Waals surface area (Å²) in [4.78, 5) is 26.1. The highest BCUT2D eigenvalue weighted by molar-refractivity contribution is 6.06. The highest BCUT2D eigenvalue weighted by Gasteiger charge is 2.19. The molecule has 2 rings (SSSR count). The maximum Gasteiger partial charge on any atom is 0.363 e. The summed E-state index contributed by atoms with van der Waals surface area (Å²) in [5.41, 5.74) is 1.45. The van der Waals surface area contributed by atoms with Gasteiger partial charge in [-0.1, -0.05) is 12.1 Å². The number of carbonyl (C=O) groups is 2. The van der Waals surface area contributed by atoms with E-state index in [1.807, 2.05) is 0 Å². The van der Waals surface area contributed by atoms with Crippen LogP contribution in [0.1, 0.15) is 18.1 Å². The largest absolute Gasteiger partial charge is 0.496 e. The Morgan fingerprint density at radius 2 is 2.25 bits per heavy atom. The molecule has 0 saturated heterocycles. The number of methoxy groups -OCH3 is 1. The second kappa shape index (κ2) is 5.56. The van der Waals surface area contributed by atoms with Crippen LogP contribution in [0.15, 0.2) is 28.9 Å². The summed E-state index contributed by atoms with van der Waals surface area (Å²) in [5.74, 6) is -0.686. The third-order valence-electron chi connectivity index (χ3n) is 2.68. The van der Waals surface area contributed by atoms with Gasteiger partial charge in [0, 0.05) is 12.5 Å². The van der Waals surface area contributed by atoms with Gasteiger partial charge in [-0.25, -0.2) is 9.79 Å². The van der Waals surface area contributed by atoms with Gasteiger partial charge in [0.1, 0.15) is 5.75 Å². The van der Waals surface area contributed by atoms with Gasteiger partial charge >= 0.3 is 11.9 Å². The molecule has 6 heteroatoms. The quantitative estimate of drug-likeness (QED) is 0.667. The van der Waals surface area contributed by atoms with Crippen molar-refractivity contribution >= 4 is 23.9 Å². The topological polar surface area (TPSA) is 85.2 Å². The average molecular weight is 275 g/mol. The fourth-order valence-corrected chi connectivity index (χ4v) is 1.83. The monoisotopic (exact) mass is 275 g/mol. The van der Waals surface area contributed by atoms with Crippen LogP contribution in [-0.2, 0) is 20.7 Å². The number of benzene rings is 1. The molecule has 6 nitrogen and oxygen atoms in total. The van der Waals surface area contributed by atoms with Gasteiger partial charge in [-0.05, 0) is 17.7 Å². The molecule has 20 heavy (non-hydrogen) atoms. The van der Waals surface area contributed by atoms with E-state index in [2.05, 4.69) is 4.99 Å².